The van der Waals surface area contributed by atoms with Gasteiger partial charge >= 0.3 is 5.97 Å². The predicted octanol–water partition coefficient (Wildman–Crippen LogP) is 4.56. The zero-order chi connectivity index (χ0) is 19.2. The molecule has 1 fully saturated rings. The van der Waals surface area contributed by atoms with E-state index in [1.807, 2.05) is 7.05 Å². The lowest BCUT2D eigenvalue weighted by Gasteiger charge is -2.33. The standard InChI is InChI=1S/C22H28N2O2S/c1-22(2)8-7-18-17(12-22)19(21(25)26)20(27-18)16-6-5-15(24-9-4-10-24)11-14(16)13-23-3/h5-6,11,23H,4,7-10,12-13H2,1-3H3,(H,25,26). The van der Waals surface area contributed by atoms with E-state index in [-0.39, 0.29) is 5.41 Å². The van der Waals surface area contributed by atoms with Crippen LogP contribution < -0.4 is 10.2 Å². The second-order valence-electron chi connectivity index (χ2n) is 8.57. The first-order valence-electron chi connectivity index (χ1n) is 9.80. The lowest BCUT2D eigenvalue weighted by atomic mass is 9.76. The van der Waals surface area contributed by atoms with Crippen LogP contribution in [0.2, 0.25) is 0 Å². The van der Waals surface area contributed by atoms with Gasteiger partial charge in [0.05, 0.1) is 5.56 Å². The average Bonchev–Trinajstić information content (AvgIpc) is 2.91. The SMILES string of the molecule is CNCc1cc(N2CCC2)ccc1-c1sc2c(c1C(=O)O)CC(C)(C)CC2. The van der Waals surface area contributed by atoms with Crippen molar-refractivity contribution < 1.29 is 9.90 Å². The van der Waals surface area contributed by atoms with Crippen molar-refractivity contribution in [2.24, 2.45) is 5.41 Å². The number of anilines is 1. The van der Waals surface area contributed by atoms with Crippen LogP contribution in [0.4, 0.5) is 5.69 Å². The number of nitrogens with one attached hydrogen (secondary N) is 1. The van der Waals surface area contributed by atoms with Gasteiger partial charge in [-0.25, -0.2) is 4.79 Å². The summed E-state index contributed by atoms with van der Waals surface area (Å²) in [5.74, 6) is -0.789. The maximum Gasteiger partial charge on any atom is 0.337 e. The minimum atomic E-state index is -0.789. The summed E-state index contributed by atoms with van der Waals surface area (Å²) in [6.45, 7) is 7.45. The summed E-state index contributed by atoms with van der Waals surface area (Å²) in [7, 11) is 1.94. The van der Waals surface area contributed by atoms with E-state index in [4.69, 9.17) is 0 Å². The van der Waals surface area contributed by atoms with Crippen molar-refractivity contribution >= 4 is 23.0 Å². The predicted molar refractivity (Wildman–Crippen MR) is 112 cm³/mol. The van der Waals surface area contributed by atoms with E-state index < -0.39 is 5.97 Å². The minimum absolute atomic E-state index is 0.171. The Morgan fingerprint density at radius 1 is 1.33 bits per heavy atom. The third-order valence-electron chi connectivity index (χ3n) is 5.91. The highest BCUT2D eigenvalue weighted by Crippen LogP contribution is 2.46. The number of carbonyl (C=O) groups is 1. The van der Waals surface area contributed by atoms with Crippen molar-refractivity contribution in [3.63, 3.8) is 0 Å². The van der Waals surface area contributed by atoms with Gasteiger partial charge in [0.25, 0.3) is 0 Å². The number of hydrogen-bond donors (Lipinski definition) is 2. The monoisotopic (exact) mass is 384 g/mol. The number of aromatic carboxylic acids is 1. The van der Waals surface area contributed by atoms with E-state index in [1.54, 1.807) is 11.3 Å². The van der Waals surface area contributed by atoms with Crippen LogP contribution in [-0.2, 0) is 19.4 Å². The van der Waals surface area contributed by atoms with Crippen molar-refractivity contribution in [1.82, 2.24) is 5.32 Å². The second kappa shape index (κ2) is 6.95. The van der Waals surface area contributed by atoms with Crippen LogP contribution in [0, 0.1) is 5.41 Å². The van der Waals surface area contributed by atoms with Gasteiger partial charge in [-0.1, -0.05) is 19.9 Å². The Hall–Kier alpha value is -1.85. The van der Waals surface area contributed by atoms with Gasteiger partial charge in [-0.05, 0) is 67.0 Å². The highest BCUT2D eigenvalue weighted by molar-refractivity contribution is 7.16. The Kier molecular flexibility index (Phi) is 4.77. The van der Waals surface area contributed by atoms with Crippen molar-refractivity contribution in [2.45, 2.75) is 46.1 Å². The first kappa shape index (κ1) is 18.5. The molecule has 1 aromatic carbocycles. The molecule has 1 aromatic heterocycles. The lowest BCUT2D eigenvalue weighted by molar-refractivity contribution is 0.0696. The number of carboxylic acids is 1. The summed E-state index contributed by atoms with van der Waals surface area (Å²) in [5, 5.41) is 13.3. The molecule has 4 nitrogen and oxygen atoms in total. The fourth-order valence-corrected chi connectivity index (χ4v) is 5.61. The van der Waals surface area contributed by atoms with Gasteiger partial charge in [-0.2, -0.15) is 0 Å². The van der Waals surface area contributed by atoms with E-state index in [0.717, 1.165) is 54.9 Å². The first-order chi connectivity index (χ1) is 12.9. The third kappa shape index (κ3) is 3.39. The van der Waals surface area contributed by atoms with E-state index >= 15 is 0 Å². The van der Waals surface area contributed by atoms with Gasteiger partial charge < -0.3 is 15.3 Å². The van der Waals surface area contributed by atoms with E-state index in [9.17, 15) is 9.90 Å². The lowest BCUT2D eigenvalue weighted by Crippen LogP contribution is -2.37. The maximum absolute atomic E-state index is 12.2. The quantitative estimate of drug-likeness (QED) is 0.794. The Morgan fingerprint density at radius 2 is 2.11 bits per heavy atom. The Balaban J connectivity index is 1.83. The molecule has 27 heavy (non-hydrogen) atoms. The molecule has 1 saturated heterocycles. The summed E-state index contributed by atoms with van der Waals surface area (Å²) in [4.78, 5) is 16.8. The number of rotatable bonds is 5. The molecule has 0 unspecified atom stereocenters. The van der Waals surface area contributed by atoms with Crippen molar-refractivity contribution in [2.75, 3.05) is 25.0 Å². The van der Waals surface area contributed by atoms with Gasteiger partial charge in [0.15, 0.2) is 0 Å². The van der Waals surface area contributed by atoms with Crippen molar-refractivity contribution in [1.29, 1.82) is 0 Å². The Labute approximate surface area is 165 Å². The zero-order valence-electron chi connectivity index (χ0n) is 16.4. The van der Waals surface area contributed by atoms with E-state index in [0.29, 0.717) is 5.56 Å². The number of aryl methyl sites for hydroxylation is 1. The number of thiophene rings is 1. The molecule has 2 heterocycles. The molecule has 0 atom stereocenters. The molecule has 0 amide bonds. The summed E-state index contributed by atoms with van der Waals surface area (Å²) in [6.07, 6.45) is 4.21. The Morgan fingerprint density at radius 3 is 2.74 bits per heavy atom. The largest absolute Gasteiger partial charge is 0.478 e. The van der Waals surface area contributed by atoms with Crippen LogP contribution in [-0.4, -0.2) is 31.2 Å². The average molecular weight is 385 g/mol. The number of carboxylic acid groups (broad SMARTS) is 1. The summed E-state index contributed by atoms with van der Waals surface area (Å²) in [6, 6.07) is 6.52. The highest BCUT2D eigenvalue weighted by atomic mass is 32.1. The second-order valence-corrected chi connectivity index (χ2v) is 9.67. The molecule has 0 radical (unpaired) electrons. The Bertz CT molecular complexity index is 881. The molecule has 0 saturated carbocycles. The first-order valence-corrected chi connectivity index (χ1v) is 10.6. The zero-order valence-corrected chi connectivity index (χ0v) is 17.2. The molecule has 2 aromatic rings. The van der Waals surface area contributed by atoms with Crippen molar-refractivity contribution in [3.8, 4) is 10.4 Å². The fourth-order valence-electron chi connectivity index (χ4n) is 4.25. The van der Waals surface area contributed by atoms with E-state index in [1.165, 1.54) is 22.5 Å². The molecule has 0 spiro atoms. The molecule has 4 rings (SSSR count). The molecule has 5 heteroatoms. The summed E-state index contributed by atoms with van der Waals surface area (Å²) in [5.41, 5.74) is 5.28. The van der Waals surface area contributed by atoms with Crippen LogP contribution in [0.3, 0.4) is 0 Å². The van der Waals surface area contributed by atoms with Crippen molar-refractivity contribution in [3.05, 3.63) is 39.8 Å². The molecule has 1 aliphatic heterocycles. The topological polar surface area (TPSA) is 52.6 Å². The molecule has 2 aliphatic rings. The van der Waals surface area contributed by atoms with Crippen LogP contribution >= 0.6 is 11.3 Å². The normalized spacial score (nSPS) is 18.1. The summed E-state index contributed by atoms with van der Waals surface area (Å²) < 4.78 is 0. The smallest absolute Gasteiger partial charge is 0.337 e. The number of benzene rings is 1. The number of nitrogens with zero attached hydrogens (tertiary/aromatic N) is 1. The summed E-state index contributed by atoms with van der Waals surface area (Å²) >= 11 is 1.70. The van der Waals surface area contributed by atoms with Crippen LogP contribution in [0.15, 0.2) is 18.2 Å². The molecular formula is C22H28N2O2S. The fraction of sp³-hybridized carbons (Fsp3) is 0.500. The van der Waals surface area contributed by atoms with Gasteiger partial charge in [-0.15, -0.1) is 11.3 Å². The third-order valence-corrected chi connectivity index (χ3v) is 7.24. The molecule has 0 bridgehead atoms. The van der Waals surface area contributed by atoms with Crippen LogP contribution in [0.5, 0.6) is 0 Å². The van der Waals surface area contributed by atoms with Crippen LogP contribution in [0.25, 0.3) is 10.4 Å². The van der Waals surface area contributed by atoms with Gasteiger partial charge in [0.1, 0.15) is 0 Å². The van der Waals surface area contributed by atoms with Crippen LogP contribution in [0.1, 0.15) is 53.1 Å². The van der Waals surface area contributed by atoms with Gasteiger partial charge in [0.2, 0.25) is 0 Å². The highest BCUT2D eigenvalue weighted by Gasteiger charge is 2.33. The minimum Gasteiger partial charge on any atom is -0.478 e. The number of hydrogen-bond acceptors (Lipinski definition) is 4. The molecular weight excluding hydrogens is 356 g/mol. The van der Waals surface area contributed by atoms with Gasteiger partial charge in [0, 0.05) is 35.1 Å². The molecule has 1 aliphatic carbocycles. The molecule has 2 N–H and O–H groups in total. The molecule has 144 valence electrons. The number of fused-ring (bicyclic) bond motifs is 1. The van der Waals surface area contributed by atoms with Gasteiger partial charge in [-0.3, -0.25) is 0 Å². The van der Waals surface area contributed by atoms with E-state index in [2.05, 4.69) is 42.3 Å². The maximum atomic E-state index is 12.2.